The number of nitrogens with one attached hydrogen (secondary N) is 1. The van der Waals surface area contributed by atoms with E-state index in [1.165, 1.54) is 37.7 Å². The van der Waals surface area contributed by atoms with Gasteiger partial charge in [0.15, 0.2) is 0 Å². The summed E-state index contributed by atoms with van der Waals surface area (Å²) in [5.74, 6) is 0. The van der Waals surface area contributed by atoms with E-state index in [2.05, 4.69) is 40.6 Å². The van der Waals surface area contributed by atoms with E-state index in [0.29, 0.717) is 0 Å². The molecule has 1 N–H and O–H groups in total. The van der Waals surface area contributed by atoms with Crippen LogP contribution >= 0.6 is 0 Å². The molecule has 0 saturated heterocycles. The fraction of sp³-hybridized carbons (Fsp3) is 0.389. The molecule has 0 radical (unpaired) electrons. The smallest absolute Gasteiger partial charge is 0.0991 e. The molecule has 21 heavy (non-hydrogen) atoms. The molecule has 1 aliphatic carbocycles. The Morgan fingerprint density at radius 1 is 1.14 bits per heavy atom. The zero-order valence-electron chi connectivity index (χ0n) is 12.5. The van der Waals surface area contributed by atoms with Crippen molar-refractivity contribution < 1.29 is 0 Å². The summed E-state index contributed by atoms with van der Waals surface area (Å²) in [5.41, 5.74) is 4.13. The normalized spacial score (nSPS) is 15.0. The fourth-order valence-electron chi connectivity index (χ4n) is 2.81. The Balaban J connectivity index is 1.44. The van der Waals surface area contributed by atoms with Crippen LogP contribution in [0.1, 0.15) is 37.7 Å². The molecule has 110 valence electrons. The van der Waals surface area contributed by atoms with E-state index >= 15 is 0 Å². The van der Waals surface area contributed by atoms with Gasteiger partial charge in [-0.05, 0) is 56.3 Å². The number of allylic oxidation sites excluding steroid dienone is 1. The maximum atomic E-state index is 4.07. The van der Waals surface area contributed by atoms with Crippen LogP contribution in [-0.2, 0) is 6.54 Å². The first-order valence-electron chi connectivity index (χ1n) is 7.88. The van der Waals surface area contributed by atoms with Crippen LogP contribution in [0, 0.1) is 0 Å². The first kappa shape index (κ1) is 14.1. The number of nitrogens with zero attached hydrogens (tertiary/aromatic N) is 2. The Morgan fingerprint density at radius 3 is 2.76 bits per heavy atom. The van der Waals surface area contributed by atoms with Crippen LogP contribution in [0.15, 0.2) is 54.6 Å². The molecule has 0 unspecified atom stereocenters. The van der Waals surface area contributed by atoms with Crippen molar-refractivity contribution in [3.05, 3.63) is 60.2 Å². The van der Waals surface area contributed by atoms with E-state index in [1.54, 1.807) is 11.8 Å². The highest BCUT2D eigenvalue weighted by atomic mass is 15.0. The van der Waals surface area contributed by atoms with E-state index in [9.17, 15) is 0 Å². The molecule has 1 aliphatic rings. The minimum absolute atomic E-state index is 0.942. The maximum Gasteiger partial charge on any atom is 0.0991 e. The van der Waals surface area contributed by atoms with Crippen LogP contribution in [0.4, 0.5) is 0 Å². The van der Waals surface area contributed by atoms with Gasteiger partial charge in [-0.15, -0.1) is 0 Å². The summed E-state index contributed by atoms with van der Waals surface area (Å²) in [4.78, 5) is 4.07. The lowest BCUT2D eigenvalue weighted by Gasteiger charge is -2.13. The number of hydrogen-bond donors (Lipinski definition) is 1. The zero-order valence-corrected chi connectivity index (χ0v) is 12.5. The third kappa shape index (κ3) is 4.05. The molecule has 0 atom stereocenters. The molecular formula is C18H23N3. The van der Waals surface area contributed by atoms with Crippen LogP contribution in [0.5, 0.6) is 0 Å². The standard InChI is InChI=1S/C18H23N3/c1-2-4-16(5-3-1)10-11-19-14-17-6-8-18(9-7-17)21-13-12-20-15-21/h4,6-9,12-13,15,19H,1-3,5,10-11,14H2. The Labute approximate surface area is 126 Å². The first-order chi connectivity index (χ1) is 10.4. The number of aromatic nitrogens is 2. The molecule has 3 rings (SSSR count). The average Bonchev–Trinajstić information content (AvgIpc) is 3.08. The molecule has 2 aromatic rings. The maximum absolute atomic E-state index is 4.07. The monoisotopic (exact) mass is 281 g/mol. The van der Waals surface area contributed by atoms with Gasteiger partial charge < -0.3 is 9.88 Å². The molecule has 0 bridgehead atoms. The highest BCUT2D eigenvalue weighted by Crippen LogP contribution is 2.19. The summed E-state index contributed by atoms with van der Waals surface area (Å²) >= 11 is 0. The van der Waals surface area contributed by atoms with Crippen molar-refractivity contribution in [1.29, 1.82) is 0 Å². The molecule has 0 amide bonds. The molecule has 0 fully saturated rings. The quantitative estimate of drug-likeness (QED) is 0.644. The van der Waals surface area contributed by atoms with Crippen LogP contribution in [-0.4, -0.2) is 16.1 Å². The van der Waals surface area contributed by atoms with Crippen molar-refractivity contribution in [2.75, 3.05) is 6.54 Å². The molecule has 3 nitrogen and oxygen atoms in total. The SMILES string of the molecule is C1=C(CCNCc2ccc(-n3ccnc3)cc2)CCCC1. The van der Waals surface area contributed by atoms with Gasteiger partial charge in [-0.25, -0.2) is 4.98 Å². The molecule has 0 spiro atoms. The molecule has 3 heteroatoms. The van der Waals surface area contributed by atoms with Gasteiger partial charge in [-0.3, -0.25) is 0 Å². The van der Waals surface area contributed by atoms with E-state index in [-0.39, 0.29) is 0 Å². The summed E-state index contributed by atoms with van der Waals surface area (Å²) in [5, 5.41) is 3.54. The number of hydrogen-bond acceptors (Lipinski definition) is 2. The van der Waals surface area contributed by atoms with Crippen molar-refractivity contribution in [2.24, 2.45) is 0 Å². The van der Waals surface area contributed by atoms with Gasteiger partial charge in [-0.2, -0.15) is 0 Å². The molecular weight excluding hydrogens is 258 g/mol. The van der Waals surface area contributed by atoms with Crippen LogP contribution in [0.3, 0.4) is 0 Å². The number of imidazole rings is 1. The molecule has 1 aromatic carbocycles. The molecule has 0 saturated carbocycles. The molecule has 0 aliphatic heterocycles. The largest absolute Gasteiger partial charge is 0.312 e. The third-order valence-electron chi connectivity index (χ3n) is 4.08. The molecule has 1 aromatic heterocycles. The third-order valence-corrected chi connectivity index (χ3v) is 4.08. The van der Waals surface area contributed by atoms with Gasteiger partial charge in [0, 0.05) is 24.6 Å². The summed E-state index contributed by atoms with van der Waals surface area (Å²) in [6.07, 6.45) is 14.6. The average molecular weight is 281 g/mol. The number of benzene rings is 1. The van der Waals surface area contributed by atoms with Gasteiger partial charge in [0.2, 0.25) is 0 Å². The lowest BCUT2D eigenvalue weighted by atomic mass is 9.97. The Hall–Kier alpha value is -1.87. The minimum atomic E-state index is 0.942. The van der Waals surface area contributed by atoms with Crippen molar-refractivity contribution in [3.8, 4) is 5.69 Å². The Kier molecular flexibility index (Phi) is 4.85. The van der Waals surface area contributed by atoms with Gasteiger partial charge in [-0.1, -0.05) is 23.8 Å². The van der Waals surface area contributed by atoms with E-state index in [1.807, 2.05) is 17.1 Å². The van der Waals surface area contributed by atoms with E-state index < -0.39 is 0 Å². The zero-order chi connectivity index (χ0) is 14.3. The Bertz CT molecular complexity index is 567. The minimum Gasteiger partial charge on any atom is -0.312 e. The second kappa shape index (κ2) is 7.23. The van der Waals surface area contributed by atoms with Gasteiger partial charge in [0.1, 0.15) is 0 Å². The van der Waals surface area contributed by atoms with Crippen LogP contribution in [0.25, 0.3) is 5.69 Å². The Morgan fingerprint density at radius 2 is 2.05 bits per heavy atom. The van der Waals surface area contributed by atoms with Crippen molar-refractivity contribution in [2.45, 2.75) is 38.6 Å². The summed E-state index contributed by atoms with van der Waals surface area (Å²) in [6, 6.07) is 8.65. The second-order valence-electron chi connectivity index (χ2n) is 5.67. The lowest BCUT2D eigenvalue weighted by molar-refractivity contribution is 0.632. The van der Waals surface area contributed by atoms with Gasteiger partial charge in [0.25, 0.3) is 0 Å². The molecule has 1 heterocycles. The van der Waals surface area contributed by atoms with Crippen molar-refractivity contribution in [1.82, 2.24) is 14.9 Å². The first-order valence-corrected chi connectivity index (χ1v) is 7.88. The second-order valence-corrected chi connectivity index (χ2v) is 5.67. The highest BCUT2D eigenvalue weighted by molar-refractivity contribution is 5.34. The topological polar surface area (TPSA) is 29.9 Å². The van der Waals surface area contributed by atoms with Gasteiger partial charge in [0.05, 0.1) is 6.33 Å². The summed E-state index contributed by atoms with van der Waals surface area (Å²) in [7, 11) is 0. The number of rotatable bonds is 6. The van der Waals surface area contributed by atoms with Gasteiger partial charge >= 0.3 is 0 Å². The lowest BCUT2D eigenvalue weighted by Crippen LogP contribution is -2.15. The van der Waals surface area contributed by atoms with Crippen molar-refractivity contribution in [3.63, 3.8) is 0 Å². The van der Waals surface area contributed by atoms with E-state index in [4.69, 9.17) is 0 Å². The summed E-state index contributed by atoms with van der Waals surface area (Å²) in [6.45, 7) is 2.02. The highest BCUT2D eigenvalue weighted by Gasteiger charge is 2.03. The van der Waals surface area contributed by atoms with Crippen LogP contribution < -0.4 is 5.32 Å². The predicted molar refractivity (Wildman–Crippen MR) is 86.4 cm³/mol. The van der Waals surface area contributed by atoms with E-state index in [0.717, 1.165) is 18.8 Å². The van der Waals surface area contributed by atoms with Crippen molar-refractivity contribution >= 4 is 0 Å². The van der Waals surface area contributed by atoms with Crippen LogP contribution in [0.2, 0.25) is 0 Å². The fourth-order valence-corrected chi connectivity index (χ4v) is 2.81. The summed E-state index contributed by atoms with van der Waals surface area (Å²) < 4.78 is 2.02. The predicted octanol–water partition coefficient (Wildman–Crippen LogP) is 3.85.